The van der Waals surface area contributed by atoms with Gasteiger partial charge in [0.25, 0.3) is 0 Å². The first-order valence-electron chi connectivity index (χ1n) is 5.25. The Hall–Kier alpha value is -2.44. The molecule has 0 aromatic carbocycles. The van der Waals surface area contributed by atoms with E-state index in [0.29, 0.717) is 23.2 Å². The number of anilines is 1. The summed E-state index contributed by atoms with van der Waals surface area (Å²) in [6, 6.07) is 3.79. The molecular weight excluding hydrogens is 234 g/mol. The largest absolute Gasteiger partial charge is 0.494 e. The van der Waals surface area contributed by atoms with Gasteiger partial charge in [0.05, 0.1) is 14.2 Å². The highest BCUT2D eigenvalue weighted by atomic mass is 16.5. The topological polar surface area (TPSA) is 82.1 Å². The van der Waals surface area contributed by atoms with Crippen molar-refractivity contribution in [1.82, 2.24) is 19.9 Å². The molecule has 0 spiro atoms. The van der Waals surface area contributed by atoms with Crippen molar-refractivity contribution in [2.75, 3.05) is 26.6 Å². The van der Waals surface area contributed by atoms with Crippen molar-refractivity contribution in [3.8, 4) is 23.3 Å². The summed E-state index contributed by atoms with van der Waals surface area (Å²) in [4.78, 5) is 16.6. The summed E-state index contributed by atoms with van der Waals surface area (Å²) >= 11 is 0. The van der Waals surface area contributed by atoms with Crippen LogP contribution < -0.4 is 14.8 Å². The molecule has 2 rings (SSSR count). The molecule has 1 N–H and O–H groups in total. The summed E-state index contributed by atoms with van der Waals surface area (Å²) in [5.41, 5.74) is 0.539. The molecule has 0 aliphatic heterocycles. The maximum atomic E-state index is 5.22. The summed E-state index contributed by atoms with van der Waals surface area (Å²) < 4.78 is 10.2. The molecule has 0 saturated heterocycles. The van der Waals surface area contributed by atoms with Crippen LogP contribution in [0, 0.1) is 0 Å². The molecule has 0 amide bonds. The molecule has 94 valence electrons. The average Bonchev–Trinajstić information content (AvgIpc) is 2.46. The highest BCUT2D eigenvalue weighted by Gasteiger charge is 2.13. The standard InChI is InChI=1S/C11H13N5O2/c1-12-10-14-9(15-11(16-10)18-3)8-7(17-2)5-4-6-13-8/h4-6H,1-3H3,(H,12,14,15,16). The van der Waals surface area contributed by atoms with Crippen LogP contribution in [0.4, 0.5) is 5.95 Å². The fourth-order valence-electron chi connectivity index (χ4n) is 1.39. The molecule has 18 heavy (non-hydrogen) atoms. The first kappa shape index (κ1) is 12.0. The maximum Gasteiger partial charge on any atom is 0.321 e. The Morgan fingerprint density at radius 1 is 1.11 bits per heavy atom. The van der Waals surface area contributed by atoms with Gasteiger partial charge in [0.2, 0.25) is 5.95 Å². The molecule has 0 aliphatic carbocycles. The van der Waals surface area contributed by atoms with Gasteiger partial charge in [-0.15, -0.1) is 0 Å². The molecule has 7 nitrogen and oxygen atoms in total. The Labute approximate surface area is 104 Å². The van der Waals surface area contributed by atoms with Gasteiger partial charge >= 0.3 is 6.01 Å². The second-order valence-electron chi connectivity index (χ2n) is 3.27. The molecule has 0 bridgehead atoms. The summed E-state index contributed by atoms with van der Waals surface area (Å²) in [5.74, 6) is 1.39. The Morgan fingerprint density at radius 2 is 1.94 bits per heavy atom. The van der Waals surface area contributed by atoms with Gasteiger partial charge in [0.15, 0.2) is 5.82 Å². The van der Waals surface area contributed by atoms with E-state index in [1.807, 2.05) is 0 Å². The third-order valence-corrected chi connectivity index (χ3v) is 2.22. The predicted molar refractivity (Wildman–Crippen MR) is 65.7 cm³/mol. The van der Waals surface area contributed by atoms with E-state index < -0.39 is 0 Å². The van der Waals surface area contributed by atoms with Crippen molar-refractivity contribution in [1.29, 1.82) is 0 Å². The zero-order chi connectivity index (χ0) is 13.0. The minimum Gasteiger partial charge on any atom is -0.494 e. The van der Waals surface area contributed by atoms with Crippen LogP contribution in [0.5, 0.6) is 11.8 Å². The van der Waals surface area contributed by atoms with Crippen molar-refractivity contribution in [2.45, 2.75) is 0 Å². The zero-order valence-electron chi connectivity index (χ0n) is 10.3. The van der Waals surface area contributed by atoms with Crippen LogP contribution in [0.2, 0.25) is 0 Å². The van der Waals surface area contributed by atoms with Gasteiger partial charge in [-0.05, 0) is 12.1 Å². The van der Waals surface area contributed by atoms with Gasteiger partial charge in [-0.25, -0.2) is 4.98 Å². The highest BCUT2D eigenvalue weighted by Crippen LogP contribution is 2.25. The molecule has 2 aromatic heterocycles. The summed E-state index contributed by atoms with van der Waals surface area (Å²) in [6.45, 7) is 0. The van der Waals surface area contributed by atoms with E-state index in [0.717, 1.165) is 0 Å². The number of rotatable bonds is 4. The first-order chi connectivity index (χ1) is 8.78. The summed E-state index contributed by atoms with van der Waals surface area (Å²) in [6.07, 6.45) is 1.65. The van der Waals surface area contributed by atoms with Crippen molar-refractivity contribution in [2.24, 2.45) is 0 Å². The number of hydrogen-bond donors (Lipinski definition) is 1. The van der Waals surface area contributed by atoms with Crippen molar-refractivity contribution in [3.05, 3.63) is 18.3 Å². The molecule has 0 atom stereocenters. The number of methoxy groups -OCH3 is 2. The molecule has 0 radical (unpaired) electrons. The van der Waals surface area contributed by atoms with Gasteiger partial charge in [0.1, 0.15) is 11.4 Å². The SMILES string of the molecule is CNc1nc(OC)nc(-c2ncccc2OC)n1. The quantitative estimate of drug-likeness (QED) is 0.862. The Balaban J connectivity index is 2.55. The summed E-state index contributed by atoms with van der Waals surface area (Å²) in [7, 11) is 4.78. The van der Waals surface area contributed by atoms with Crippen molar-refractivity contribution < 1.29 is 9.47 Å². The Morgan fingerprint density at radius 3 is 2.61 bits per heavy atom. The summed E-state index contributed by atoms with van der Waals surface area (Å²) in [5, 5.41) is 2.84. The van der Waals surface area contributed by atoms with E-state index in [-0.39, 0.29) is 6.01 Å². The third kappa shape index (κ3) is 2.29. The van der Waals surface area contributed by atoms with E-state index in [2.05, 4.69) is 25.3 Å². The lowest BCUT2D eigenvalue weighted by Gasteiger charge is -2.08. The Kier molecular flexibility index (Phi) is 3.52. The van der Waals surface area contributed by atoms with Gasteiger partial charge in [-0.2, -0.15) is 15.0 Å². The number of aromatic nitrogens is 4. The molecular formula is C11H13N5O2. The lowest BCUT2D eigenvalue weighted by atomic mass is 10.3. The molecule has 7 heteroatoms. The van der Waals surface area contributed by atoms with E-state index >= 15 is 0 Å². The van der Waals surface area contributed by atoms with Gasteiger partial charge in [0, 0.05) is 13.2 Å². The third-order valence-electron chi connectivity index (χ3n) is 2.22. The highest BCUT2D eigenvalue weighted by molar-refractivity contribution is 5.59. The minimum absolute atomic E-state index is 0.219. The number of ether oxygens (including phenoxy) is 2. The second-order valence-corrected chi connectivity index (χ2v) is 3.27. The monoisotopic (exact) mass is 247 g/mol. The lowest BCUT2D eigenvalue weighted by molar-refractivity contribution is 0.379. The van der Waals surface area contributed by atoms with E-state index in [4.69, 9.17) is 9.47 Å². The van der Waals surface area contributed by atoms with Crippen LogP contribution in [0.25, 0.3) is 11.5 Å². The average molecular weight is 247 g/mol. The number of pyridine rings is 1. The fourth-order valence-corrected chi connectivity index (χ4v) is 1.39. The van der Waals surface area contributed by atoms with Crippen LogP contribution in [0.1, 0.15) is 0 Å². The molecule has 0 fully saturated rings. The van der Waals surface area contributed by atoms with Crippen LogP contribution in [0.3, 0.4) is 0 Å². The number of nitrogens with zero attached hydrogens (tertiary/aromatic N) is 4. The van der Waals surface area contributed by atoms with E-state index in [9.17, 15) is 0 Å². The smallest absolute Gasteiger partial charge is 0.321 e. The molecule has 2 heterocycles. The van der Waals surface area contributed by atoms with Crippen molar-refractivity contribution in [3.63, 3.8) is 0 Å². The Bertz CT molecular complexity index is 524. The van der Waals surface area contributed by atoms with Gasteiger partial charge in [-0.3, -0.25) is 0 Å². The van der Waals surface area contributed by atoms with Crippen LogP contribution in [0.15, 0.2) is 18.3 Å². The molecule has 0 saturated carbocycles. The molecule has 2 aromatic rings. The van der Waals surface area contributed by atoms with Gasteiger partial charge < -0.3 is 14.8 Å². The fraction of sp³-hybridized carbons (Fsp3) is 0.273. The van der Waals surface area contributed by atoms with E-state index in [1.54, 1.807) is 32.5 Å². The van der Waals surface area contributed by atoms with Crippen LogP contribution in [-0.4, -0.2) is 41.2 Å². The second kappa shape index (κ2) is 5.26. The number of hydrogen-bond acceptors (Lipinski definition) is 7. The van der Waals surface area contributed by atoms with Gasteiger partial charge in [-0.1, -0.05) is 0 Å². The first-order valence-corrected chi connectivity index (χ1v) is 5.25. The van der Waals surface area contributed by atoms with E-state index in [1.165, 1.54) is 7.11 Å². The molecule has 0 unspecified atom stereocenters. The zero-order valence-corrected chi connectivity index (χ0v) is 10.3. The normalized spacial score (nSPS) is 9.94. The minimum atomic E-state index is 0.219. The van der Waals surface area contributed by atoms with Crippen LogP contribution >= 0.6 is 0 Å². The lowest BCUT2D eigenvalue weighted by Crippen LogP contribution is -2.04. The van der Waals surface area contributed by atoms with Crippen molar-refractivity contribution >= 4 is 5.95 Å². The predicted octanol–water partition coefficient (Wildman–Crippen LogP) is 0.992. The number of nitrogens with one attached hydrogen (secondary N) is 1. The van der Waals surface area contributed by atoms with Crippen LogP contribution in [-0.2, 0) is 0 Å². The maximum absolute atomic E-state index is 5.22. The molecule has 0 aliphatic rings.